The predicted octanol–water partition coefficient (Wildman–Crippen LogP) is -2.84. The summed E-state index contributed by atoms with van der Waals surface area (Å²) < 4.78 is 4.37. The third kappa shape index (κ3) is 0.863. The van der Waals surface area contributed by atoms with E-state index in [4.69, 9.17) is 23.0 Å². The Morgan fingerprint density at radius 1 is 1.29 bits per heavy atom. The molecule has 0 aromatic carbocycles. The van der Waals surface area contributed by atoms with Crippen molar-refractivity contribution in [2.45, 2.75) is 5.66 Å². The minimum atomic E-state index is -1.55. The molecule has 1 atom stereocenters. The van der Waals surface area contributed by atoms with E-state index in [2.05, 4.69) is 25.0 Å². The highest BCUT2D eigenvalue weighted by atomic mass is 16.8. The van der Waals surface area contributed by atoms with Crippen molar-refractivity contribution >= 4 is 11.7 Å². The summed E-state index contributed by atoms with van der Waals surface area (Å²) in [4.78, 5) is 4.54. The van der Waals surface area contributed by atoms with Crippen molar-refractivity contribution in [2.75, 3.05) is 5.73 Å². The summed E-state index contributed by atoms with van der Waals surface area (Å²) >= 11 is 0. The molecule has 1 aliphatic rings. The predicted molar refractivity (Wildman–Crippen MR) is 43.3 cm³/mol. The molecule has 0 saturated carbocycles. The lowest BCUT2D eigenvalue weighted by molar-refractivity contribution is -0.188. The van der Waals surface area contributed by atoms with Gasteiger partial charge >= 0.3 is 0 Å². The van der Waals surface area contributed by atoms with Crippen molar-refractivity contribution in [2.24, 2.45) is 22.5 Å². The fourth-order valence-corrected chi connectivity index (χ4v) is 1.02. The van der Waals surface area contributed by atoms with E-state index in [1.54, 1.807) is 0 Å². The van der Waals surface area contributed by atoms with E-state index in [1.807, 2.05) is 0 Å². The third-order valence-electron chi connectivity index (χ3n) is 1.84. The van der Waals surface area contributed by atoms with Gasteiger partial charge in [0.05, 0.1) is 0 Å². The van der Waals surface area contributed by atoms with Crippen LogP contribution in [0.2, 0.25) is 0 Å². The fourth-order valence-electron chi connectivity index (χ4n) is 1.02. The molecule has 0 saturated heterocycles. The second-order valence-electron chi connectivity index (χ2n) is 2.65. The molecular weight excluding hydrogens is 192 g/mol. The molecule has 1 aromatic rings. The molecule has 0 radical (unpaired) electrons. The fraction of sp³-hybridized carbons (Fsp3) is 0.250. The van der Waals surface area contributed by atoms with Crippen molar-refractivity contribution in [3.05, 3.63) is 5.69 Å². The van der Waals surface area contributed by atoms with Crippen LogP contribution in [0.1, 0.15) is 5.69 Å². The van der Waals surface area contributed by atoms with Crippen LogP contribution in [0.4, 0.5) is 5.82 Å². The molecule has 0 amide bonds. The lowest BCUT2D eigenvalue weighted by Crippen LogP contribution is -2.60. The minimum absolute atomic E-state index is 0.0356. The number of nitrogen functional groups attached to an aromatic ring is 1. The number of rotatable bonds is 1. The molecule has 2 heterocycles. The van der Waals surface area contributed by atoms with Gasteiger partial charge in [-0.1, -0.05) is 0 Å². The van der Waals surface area contributed by atoms with Crippen molar-refractivity contribution in [1.29, 1.82) is 0 Å². The molecule has 0 spiro atoms. The van der Waals surface area contributed by atoms with E-state index in [9.17, 15) is 0 Å². The molecule has 14 heavy (non-hydrogen) atoms. The lowest BCUT2D eigenvalue weighted by Gasteiger charge is -2.24. The SMILES string of the molecule is NC1=NON(N)C1(N)c1nonc1N. The van der Waals surface area contributed by atoms with Crippen molar-refractivity contribution in [1.82, 2.24) is 15.5 Å². The second-order valence-corrected chi connectivity index (χ2v) is 2.65. The Bertz CT molecular complexity index is 386. The molecule has 0 aliphatic carbocycles. The van der Waals surface area contributed by atoms with Gasteiger partial charge in [-0.05, 0) is 20.6 Å². The van der Waals surface area contributed by atoms with Gasteiger partial charge in [-0.15, -0.1) is 0 Å². The minimum Gasteiger partial charge on any atom is -0.381 e. The monoisotopic (exact) mass is 200 g/mol. The van der Waals surface area contributed by atoms with Crippen LogP contribution < -0.4 is 23.0 Å². The van der Waals surface area contributed by atoms with Crippen LogP contribution in [0.25, 0.3) is 0 Å². The van der Waals surface area contributed by atoms with Gasteiger partial charge in [-0.2, -0.15) is 0 Å². The normalized spacial score (nSPS) is 27.4. The van der Waals surface area contributed by atoms with Gasteiger partial charge in [-0.3, -0.25) is 10.7 Å². The molecule has 8 N–H and O–H groups in total. The number of nitrogens with zero attached hydrogens (tertiary/aromatic N) is 4. The highest BCUT2D eigenvalue weighted by molar-refractivity contribution is 5.91. The first-order chi connectivity index (χ1) is 6.56. The summed E-state index contributed by atoms with van der Waals surface area (Å²) in [5, 5.41) is 10.9. The number of hydroxylamine groups is 1. The molecule has 10 heteroatoms. The standard InChI is InChI=1S/C4H8N8O2/c5-2-1(9-13-10-2)4(7)3(6)11-14-12(4)8/h7-8H2,(H2,5,10)(H2,6,11). The van der Waals surface area contributed by atoms with Gasteiger partial charge < -0.3 is 11.5 Å². The Kier molecular flexibility index (Phi) is 1.57. The molecule has 1 aromatic heterocycles. The number of anilines is 1. The summed E-state index contributed by atoms with van der Waals surface area (Å²) in [6.45, 7) is 0. The number of aromatic nitrogens is 2. The average molecular weight is 200 g/mol. The smallest absolute Gasteiger partial charge is 0.233 e. The van der Waals surface area contributed by atoms with Crippen LogP contribution in [0.15, 0.2) is 9.78 Å². The first kappa shape index (κ1) is 8.68. The summed E-state index contributed by atoms with van der Waals surface area (Å²) in [6, 6.07) is 0. The zero-order valence-corrected chi connectivity index (χ0v) is 6.91. The van der Waals surface area contributed by atoms with E-state index in [0.717, 1.165) is 0 Å². The average Bonchev–Trinajstić information content (AvgIpc) is 2.67. The summed E-state index contributed by atoms with van der Waals surface area (Å²) in [7, 11) is 0. The van der Waals surface area contributed by atoms with Gasteiger partial charge in [0.1, 0.15) is 0 Å². The number of oxime groups is 1. The lowest BCUT2D eigenvalue weighted by atomic mass is 10.1. The molecule has 0 fully saturated rings. The van der Waals surface area contributed by atoms with Gasteiger partial charge in [-0.25, -0.2) is 10.5 Å². The molecule has 1 unspecified atom stereocenters. The molecule has 1 aliphatic heterocycles. The zero-order valence-electron chi connectivity index (χ0n) is 6.91. The van der Waals surface area contributed by atoms with E-state index in [1.165, 1.54) is 0 Å². The topological polar surface area (TPSA) is 168 Å². The van der Waals surface area contributed by atoms with Gasteiger partial charge in [0.15, 0.2) is 17.3 Å². The zero-order chi connectivity index (χ0) is 10.3. The number of nitrogens with two attached hydrogens (primary N) is 4. The van der Waals surface area contributed by atoms with Crippen LogP contribution in [-0.4, -0.2) is 21.3 Å². The molecule has 0 bridgehead atoms. The van der Waals surface area contributed by atoms with E-state index in [-0.39, 0.29) is 17.3 Å². The van der Waals surface area contributed by atoms with Crippen molar-refractivity contribution in [3.8, 4) is 0 Å². The molecule has 2 rings (SSSR count). The maximum Gasteiger partial charge on any atom is 0.233 e. The van der Waals surface area contributed by atoms with Gasteiger partial charge in [0, 0.05) is 0 Å². The van der Waals surface area contributed by atoms with Crippen LogP contribution in [-0.2, 0) is 10.6 Å². The number of hydrogen-bond donors (Lipinski definition) is 4. The molecule has 76 valence electrons. The Morgan fingerprint density at radius 3 is 2.43 bits per heavy atom. The van der Waals surface area contributed by atoms with Gasteiger partial charge in [0.25, 0.3) is 0 Å². The largest absolute Gasteiger partial charge is 0.381 e. The molecule has 10 nitrogen and oxygen atoms in total. The summed E-state index contributed by atoms with van der Waals surface area (Å²) in [5.41, 5.74) is 15.2. The number of hydrogen-bond acceptors (Lipinski definition) is 10. The third-order valence-corrected chi connectivity index (χ3v) is 1.84. The van der Waals surface area contributed by atoms with E-state index >= 15 is 0 Å². The highest BCUT2D eigenvalue weighted by Crippen LogP contribution is 2.27. The Labute approximate surface area is 77.3 Å². The number of hydrazine groups is 1. The second kappa shape index (κ2) is 2.54. The van der Waals surface area contributed by atoms with Crippen molar-refractivity contribution in [3.63, 3.8) is 0 Å². The highest BCUT2D eigenvalue weighted by Gasteiger charge is 2.49. The Hall–Kier alpha value is -1.91. The Balaban J connectivity index is 2.51. The Morgan fingerprint density at radius 2 is 2.00 bits per heavy atom. The first-order valence-corrected chi connectivity index (χ1v) is 3.50. The summed E-state index contributed by atoms with van der Waals surface area (Å²) in [6.07, 6.45) is 0. The molecular formula is C4H8N8O2. The van der Waals surface area contributed by atoms with Gasteiger partial charge in [0.2, 0.25) is 5.66 Å². The van der Waals surface area contributed by atoms with Crippen LogP contribution >= 0.6 is 0 Å². The number of amidine groups is 1. The maximum absolute atomic E-state index is 5.79. The van der Waals surface area contributed by atoms with Crippen LogP contribution in [0.5, 0.6) is 0 Å². The van der Waals surface area contributed by atoms with E-state index in [0.29, 0.717) is 5.17 Å². The van der Waals surface area contributed by atoms with Crippen LogP contribution in [0, 0.1) is 0 Å². The maximum atomic E-state index is 5.79. The quantitative estimate of drug-likeness (QED) is 0.348. The summed E-state index contributed by atoms with van der Waals surface area (Å²) in [5.74, 6) is 5.26. The first-order valence-electron chi connectivity index (χ1n) is 3.50. The van der Waals surface area contributed by atoms with Crippen molar-refractivity contribution < 1.29 is 9.57 Å². The van der Waals surface area contributed by atoms with Crippen LogP contribution in [0.3, 0.4) is 0 Å². The van der Waals surface area contributed by atoms with E-state index < -0.39 is 5.66 Å².